The Kier molecular flexibility index (Phi) is 4.71. The molecule has 0 bridgehead atoms. The number of hydrogen-bond acceptors (Lipinski definition) is 5. The molecule has 0 radical (unpaired) electrons. The van der Waals surface area contributed by atoms with E-state index < -0.39 is 12.1 Å². The molecule has 1 aliphatic rings. The third kappa shape index (κ3) is 3.68. The summed E-state index contributed by atoms with van der Waals surface area (Å²) in [5.41, 5.74) is 2.38. The Hall–Kier alpha value is -3.75. The molecule has 142 valence electrons. The van der Waals surface area contributed by atoms with Crippen molar-refractivity contribution in [1.82, 2.24) is 25.6 Å². The number of ether oxygens (including phenoxy) is 1. The maximum absolute atomic E-state index is 13.7. The first kappa shape index (κ1) is 17.7. The van der Waals surface area contributed by atoms with E-state index in [9.17, 15) is 14.0 Å². The lowest BCUT2D eigenvalue weighted by Crippen LogP contribution is -2.42. The van der Waals surface area contributed by atoms with Crippen molar-refractivity contribution in [3.8, 4) is 22.6 Å². The second-order valence-electron chi connectivity index (χ2n) is 6.15. The van der Waals surface area contributed by atoms with Gasteiger partial charge < -0.3 is 20.4 Å². The van der Waals surface area contributed by atoms with Gasteiger partial charge >= 0.3 is 6.09 Å². The van der Waals surface area contributed by atoms with Gasteiger partial charge in [0.15, 0.2) is 0 Å². The molecule has 1 aromatic carbocycles. The first-order valence-corrected chi connectivity index (χ1v) is 8.57. The van der Waals surface area contributed by atoms with Crippen LogP contribution in [0, 0.1) is 5.82 Å². The number of alkyl carbamates (subject to hydrolysis) is 1. The molecule has 1 fully saturated rings. The molecule has 1 unspecified atom stereocenters. The predicted octanol–water partition coefficient (Wildman–Crippen LogP) is 2.00. The number of nitrogens with one attached hydrogen (secondary N) is 3. The minimum absolute atomic E-state index is 0.0173. The summed E-state index contributed by atoms with van der Waals surface area (Å²) in [6.45, 7) is 0.0803. The van der Waals surface area contributed by atoms with Crippen molar-refractivity contribution in [3.63, 3.8) is 0 Å². The lowest BCUT2D eigenvalue weighted by molar-refractivity contribution is -0.123. The summed E-state index contributed by atoms with van der Waals surface area (Å²) >= 11 is 0. The molecular formula is C19H16FN5O3. The van der Waals surface area contributed by atoms with E-state index in [1.807, 2.05) is 12.1 Å². The highest BCUT2D eigenvalue weighted by atomic mass is 19.1. The van der Waals surface area contributed by atoms with Crippen LogP contribution in [-0.2, 0) is 16.1 Å². The Morgan fingerprint density at radius 3 is 2.89 bits per heavy atom. The van der Waals surface area contributed by atoms with E-state index in [0.717, 1.165) is 0 Å². The monoisotopic (exact) mass is 381 g/mol. The minimum atomic E-state index is -0.736. The molecule has 0 saturated carbocycles. The quantitative estimate of drug-likeness (QED) is 0.626. The molecule has 2 aromatic heterocycles. The van der Waals surface area contributed by atoms with Gasteiger partial charge in [-0.2, -0.15) is 0 Å². The number of pyridine rings is 1. The second-order valence-corrected chi connectivity index (χ2v) is 6.15. The van der Waals surface area contributed by atoms with E-state index in [2.05, 4.69) is 25.6 Å². The Morgan fingerprint density at radius 1 is 1.29 bits per heavy atom. The van der Waals surface area contributed by atoms with Crippen molar-refractivity contribution in [2.75, 3.05) is 6.61 Å². The van der Waals surface area contributed by atoms with Crippen LogP contribution in [0.5, 0.6) is 0 Å². The van der Waals surface area contributed by atoms with Gasteiger partial charge in [-0.1, -0.05) is 18.2 Å². The highest BCUT2D eigenvalue weighted by Crippen LogP contribution is 2.29. The Balaban J connectivity index is 1.60. The van der Waals surface area contributed by atoms with Gasteiger partial charge in [-0.15, -0.1) is 0 Å². The average Bonchev–Trinajstić information content (AvgIpc) is 3.33. The van der Waals surface area contributed by atoms with Crippen molar-refractivity contribution in [2.24, 2.45) is 0 Å². The van der Waals surface area contributed by atoms with Crippen LogP contribution in [0.2, 0.25) is 0 Å². The highest BCUT2D eigenvalue weighted by Gasteiger charge is 2.28. The number of hydrogen-bond donors (Lipinski definition) is 3. The zero-order chi connectivity index (χ0) is 19.5. The molecule has 1 atom stereocenters. The van der Waals surface area contributed by atoms with E-state index in [1.165, 1.54) is 12.1 Å². The number of amides is 2. The molecule has 1 saturated heterocycles. The van der Waals surface area contributed by atoms with Crippen LogP contribution in [0.3, 0.4) is 0 Å². The van der Waals surface area contributed by atoms with Crippen LogP contribution in [0.4, 0.5) is 9.18 Å². The average molecular weight is 381 g/mol. The first-order valence-electron chi connectivity index (χ1n) is 8.57. The molecule has 0 spiro atoms. The number of carbonyl (C=O) groups excluding carboxylic acids is 2. The van der Waals surface area contributed by atoms with Crippen molar-refractivity contribution >= 4 is 12.0 Å². The predicted molar refractivity (Wildman–Crippen MR) is 97.3 cm³/mol. The second kappa shape index (κ2) is 7.47. The molecular weight excluding hydrogens is 365 g/mol. The van der Waals surface area contributed by atoms with E-state index in [4.69, 9.17) is 4.74 Å². The van der Waals surface area contributed by atoms with Crippen LogP contribution >= 0.6 is 0 Å². The van der Waals surface area contributed by atoms with Gasteiger partial charge in [-0.3, -0.25) is 9.78 Å². The van der Waals surface area contributed by atoms with Gasteiger partial charge in [-0.25, -0.2) is 14.2 Å². The number of nitrogens with zero attached hydrogens (tertiary/aromatic N) is 2. The van der Waals surface area contributed by atoms with Crippen LogP contribution in [0.1, 0.15) is 5.82 Å². The molecule has 3 heterocycles. The Bertz CT molecular complexity index is 1020. The number of imidazole rings is 1. The summed E-state index contributed by atoms with van der Waals surface area (Å²) in [4.78, 5) is 35.2. The van der Waals surface area contributed by atoms with Gasteiger partial charge in [0.05, 0.1) is 23.6 Å². The number of aromatic amines is 1. The van der Waals surface area contributed by atoms with E-state index >= 15 is 0 Å². The smallest absolute Gasteiger partial charge is 0.407 e. The summed E-state index contributed by atoms with van der Waals surface area (Å²) in [6, 6.07) is 10.8. The summed E-state index contributed by atoms with van der Waals surface area (Å²) in [6.07, 6.45) is 1.03. The molecule has 3 N–H and O–H groups in total. The molecule has 8 nitrogen and oxygen atoms in total. The lowest BCUT2D eigenvalue weighted by atomic mass is 10.1. The molecule has 3 aromatic rings. The summed E-state index contributed by atoms with van der Waals surface area (Å²) < 4.78 is 18.4. The largest absolute Gasteiger partial charge is 0.447 e. The molecule has 2 amide bonds. The fourth-order valence-electron chi connectivity index (χ4n) is 2.87. The maximum atomic E-state index is 13.7. The standard InChI is InChI=1S/C19H16FN5O3/c20-12-5-3-4-11(8-12)16-17(13-6-1-2-7-21-13)25-15(24-16)9-22-18(26)14-10-28-19(27)23-14/h1-8,14H,9-10H2,(H,22,26)(H,23,27)(H,24,25). The van der Waals surface area contributed by atoms with Crippen LogP contribution in [0.15, 0.2) is 48.7 Å². The fraction of sp³-hybridized carbons (Fsp3) is 0.158. The number of halogens is 1. The normalized spacial score (nSPS) is 15.8. The summed E-state index contributed by atoms with van der Waals surface area (Å²) in [5.74, 6) is -0.285. The van der Waals surface area contributed by atoms with E-state index in [-0.39, 0.29) is 24.9 Å². The number of cyclic esters (lactones) is 1. The molecule has 0 aliphatic carbocycles. The zero-order valence-electron chi connectivity index (χ0n) is 14.6. The first-order chi connectivity index (χ1) is 13.6. The van der Waals surface area contributed by atoms with Gasteiger partial charge in [-0.05, 0) is 24.3 Å². The lowest BCUT2D eigenvalue weighted by Gasteiger charge is -2.07. The van der Waals surface area contributed by atoms with Crippen molar-refractivity contribution in [1.29, 1.82) is 0 Å². The summed E-state index contributed by atoms with van der Waals surface area (Å²) in [7, 11) is 0. The molecule has 9 heteroatoms. The molecule has 28 heavy (non-hydrogen) atoms. The molecule has 4 rings (SSSR count). The van der Waals surface area contributed by atoms with Gasteiger partial charge in [0.1, 0.15) is 24.3 Å². The number of benzene rings is 1. The van der Waals surface area contributed by atoms with Gasteiger partial charge in [0, 0.05) is 11.8 Å². The van der Waals surface area contributed by atoms with Crippen LogP contribution in [-0.4, -0.2) is 39.6 Å². The zero-order valence-corrected chi connectivity index (χ0v) is 14.6. The maximum Gasteiger partial charge on any atom is 0.407 e. The molecule has 1 aliphatic heterocycles. The Morgan fingerprint density at radius 2 is 2.18 bits per heavy atom. The topological polar surface area (TPSA) is 109 Å². The van der Waals surface area contributed by atoms with Crippen LogP contribution < -0.4 is 10.6 Å². The third-order valence-electron chi connectivity index (χ3n) is 4.19. The van der Waals surface area contributed by atoms with Gasteiger partial charge in [0.2, 0.25) is 5.91 Å². The Labute approximate surface area is 159 Å². The van der Waals surface area contributed by atoms with Gasteiger partial charge in [0.25, 0.3) is 0 Å². The minimum Gasteiger partial charge on any atom is -0.447 e. The number of aromatic nitrogens is 3. The highest BCUT2D eigenvalue weighted by molar-refractivity contribution is 5.87. The third-order valence-corrected chi connectivity index (χ3v) is 4.19. The van der Waals surface area contributed by atoms with E-state index in [0.29, 0.717) is 28.5 Å². The van der Waals surface area contributed by atoms with Crippen molar-refractivity contribution in [3.05, 3.63) is 60.3 Å². The van der Waals surface area contributed by atoms with Crippen molar-refractivity contribution < 1.29 is 18.7 Å². The van der Waals surface area contributed by atoms with Crippen molar-refractivity contribution in [2.45, 2.75) is 12.6 Å². The fourth-order valence-corrected chi connectivity index (χ4v) is 2.87. The number of carbonyl (C=O) groups is 2. The summed E-state index contributed by atoms with van der Waals surface area (Å²) in [5, 5.41) is 5.10. The SMILES string of the molecule is O=C1NC(C(=O)NCc2nc(-c3cccc(F)c3)c(-c3ccccn3)[nH]2)CO1. The van der Waals surface area contributed by atoms with Crippen LogP contribution in [0.25, 0.3) is 22.6 Å². The number of rotatable bonds is 5. The number of H-pyrrole nitrogens is 1. The van der Waals surface area contributed by atoms with E-state index in [1.54, 1.807) is 24.4 Å².